The molecule has 0 rings (SSSR count). The first-order valence-electron chi connectivity index (χ1n) is 2.54. The number of hydrogen-bond acceptors (Lipinski definition) is 6. The summed E-state index contributed by atoms with van der Waals surface area (Å²) in [5.74, 6) is 0. The Morgan fingerprint density at radius 1 is 0.647 bits per heavy atom. The molecular weight excluding hydrogens is 467 g/mol. The van der Waals surface area contributed by atoms with Crippen LogP contribution in [0.5, 0.6) is 0 Å². The normalized spacial score (nSPS) is 13.2. The van der Waals surface area contributed by atoms with Crippen molar-refractivity contribution < 1.29 is 89.2 Å². The van der Waals surface area contributed by atoms with Gasteiger partial charge in [0.1, 0.15) is 0 Å². The average molecular weight is 467 g/mol. The van der Waals surface area contributed by atoms with Crippen molar-refractivity contribution in [2.24, 2.45) is 0 Å². The van der Waals surface area contributed by atoms with Gasteiger partial charge in [-0.15, -0.1) is 0 Å². The molecule has 0 aliphatic carbocycles. The molecule has 15 heteroatoms. The van der Waals surface area contributed by atoms with Crippen LogP contribution in [0.25, 0.3) is 0 Å². The first kappa shape index (κ1) is 22.8. The summed E-state index contributed by atoms with van der Waals surface area (Å²) in [7, 11) is -12.2. The molecule has 0 aromatic heterocycles. The van der Waals surface area contributed by atoms with Crippen LogP contribution in [0.2, 0.25) is 0 Å². The second-order valence-electron chi connectivity index (χ2n) is 1.80. The summed E-state index contributed by atoms with van der Waals surface area (Å²) in [6, 6.07) is 0. The molecule has 0 aliphatic rings. The van der Waals surface area contributed by atoms with Crippen LogP contribution in [-0.4, -0.2) is 37.0 Å². The van der Waals surface area contributed by atoms with E-state index in [-0.39, 0.29) is 36.9 Å². The number of rotatable bonds is 0. The van der Waals surface area contributed by atoms with Crippen LogP contribution >= 0.6 is 0 Å². The van der Waals surface area contributed by atoms with E-state index in [9.17, 15) is 26.3 Å². The maximum Gasteiger partial charge on any atom is 0.485 e. The summed E-state index contributed by atoms with van der Waals surface area (Å²) in [5.41, 5.74) is -11.3. The molecule has 0 bridgehead atoms. The van der Waals surface area contributed by atoms with Crippen LogP contribution in [0, 0.1) is 36.9 Å². The first-order chi connectivity index (χ1) is 6.50. The Hall–Kier alpha value is 0.634. The smallest absolute Gasteiger partial charge is 0.485 e. The summed E-state index contributed by atoms with van der Waals surface area (Å²) in [5, 5.41) is 0. The van der Waals surface area contributed by atoms with Crippen molar-refractivity contribution >= 4 is 20.2 Å². The van der Waals surface area contributed by atoms with Gasteiger partial charge in [0, 0.05) is 36.9 Å². The van der Waals surface area contributed by atoms with Gasteiger partial charge in [0.05, 0.1) is 0 Å². The molecule has 17 heavy (non-hydrogen) atoms. The van der Waals surface area contributed by atoms with E-state index in [0.717, 1.165) is 0 Å². The molecule has 0 saturated carbocycles. The summed E-state index contributed by atoms with van der Waals surface area (Å²) < 4.78 is 118. The minimum absolute atomic E-state index is 0. The van der Waals surface area contributed by atoms with Gasteiger partial charge in [-0.2, -0.15) is 26.3 Å². The van der Waals surface area contributed by atoms with Crippen LogP contribution in [-0.2, 0) is 20.2 Å². The third-order valence-corrected chi connectivity index (χ3v) is 1.70. The van der Waals surface area contributed by atoms with Crippen molar-refractivity contribution in [2.45, 2.75) is 11.0 Å². The Kier molecular flexibility index (Phi) is 8.98. The van der Waals surface area contributed by atoms with E-state index in [2.05, 4.69) is 0 Å². The van der Waals surface area contributed by atoms with Crippen LogP contribution in [0.3, 0.4) is 0 Å². The molecule has 0 atom stereocenters. The number of hydrogen-bond donors (Lipinski definition) is 0. The van der Waals surface area contributed by atoms with Gasteiger partial charge in [-0.25, -0.2) is 16.8 Å². The Morgan fingerprint density at radius 2 is 0.706 bits per heavy atom. The average Bonchev–Trinajstić information content (AvgIpc) is 1.77. The predicted molar refractivity (Wildman–Crippen MR) is 31.5 cm³/mol. The fourth-order valence-corrected chi connectivity index (χ4v) is 0. The van der Waals surface area contributed by atoms with E-state index in [0.29, 0.717) is 0 Å². The Balaban J connectivity index is -0.000000218. The van der Waals surface area contributed by atoms with Crippen molar-refractivity contribution in [2.75, 3.05) is 0 Å². The second kappa shape index (κ2) is 6.70. The molecule has 0 saturated heterocycles. The van der Waals surface area contributed by atoms with E-state index in [1.165, 1.54) is 0 Å². The Bertz CT molecular complexity index is 374. The maximum absolute atomic E-state index is 10.7. The second-order valence-corrected chi connectivity index (χ2v) is 4.54. The van der Waals surface area contributed by atoms with E-state index in [4.69, 9.17) is 25.9 Å². The molecule has 113 valence electrons. The molecule has 0 aromatic rings. The largest absolute Gasteiger partial charge is 0.741 e. The topological polar surface area (TPSA) is 114 Å². The Labute approximate surface area is 120 Å². The fourth-order valence-electron chi connectivity index (χ4n) is 0. The predicted octanol–water partition coefficient (Wildman–Crippen LogP) is 0.103. The molecule has 0 amide bonds. The number of alkyl halides is 6. The molecule has 0 spiro atoms. The van der Waals surface area contributed by atoms with Gasteiger partial charge in [0.15, 0.2) is 20.2 Å². The summed E-state index contributed by atoms with van der Waals surface area (Å²) in [6.07, 6.45) is 0. The third kappa shape index (κ3) is 10.3. The van der Waals surface area contributed by atoms with Crippen LogP contribution < -0.4 is 0 Å². The van der Waals surface area contributed by atoms with Gasteiger partial charge in [-0.05, 0) is 0 Å². The molecule has 0 unspecified atom stereocenters. The van der Waals surface area contributed by atoms with Crippen molar-refractivity contribution in [1.82, 2.24) is 0 Å². The molecule has 0 aliphatic heterocycles. The van der Waals surface area contributed by atoms with E-state index >= 15 is 0 Å². The monoisotopic (exact) mass is 467 g/mol. The molecule has 0 aromatic carbocycles. The van der Waals surface area contributed by atoms with E-state index in [1.54, 1.807) is 0 Å². The maximum atomic E-state index is 10.7. The standard InChI is InChI=1S/2CHF3O3S.Tm/c2*2-1(3,4)8(5,6)7;/h2*(H,5,6,7);/p-2. The van der Waals surface area contributed by atoms with Crippen molar-refractivity contribution in [1.29, 1.82) is 0 Å². The van der Waals surface area contributed by atoms with Gasteiger partial charge < -0.3 is 9.11 Å². The zero-order valence-electron chi connectivity index (χ0n) is 6.81. The van der Waals surface area contributed by atoms with Crippen molar-refractivity contribution in [3.8, 4) is 0 Å². The molecule has 1 radical (unpaired) electrons. The van der Waals surface area contributed by atoms with Gasteiger partial charge in [0.2, 0.25) is 0 Å². The third-order valence-electron chi connectivity index (χ3n) is 0.567. The molecule has 0 N–H and O–H groups in total. The van der Waals surface area contributed by atoms with Crippen molar-refractivity contribution in [3.63, 3.8) is 0 Å². The minimum Gasteiger partial charge on any atom is -0.741 e. The molecule has 0 heterocycles. The molecule has 6 nitrogen and oxygen atoms in total. The molecule has 0 fully saturated rings. The van der Waals surface area contributed by atoms with E-state index in [1.807, 2.05) is 0 Å². The van der Waals surface area contributed by atoms with Gasteiger partial charge in [0.25, 0.3) is 0 Å². The van der Waals surface area contributed by atoms with Crippen molar-refractivity contribution in [3.05, 3.63) is 0 Å². The van der Waals surface area contributed by atoms with Gasteiger partial charge in [-0.1, -0.05) is 0 Å². The zero-order chi connectivity index (χ0) is 14.0. The SMILES string of the molecule is O=S(=O)([O-])C(F)(F)F.O=S(=O)([O-])C(F)(F)F.[Tm]. The fraction of sp³-hybridized carbons (Fsp3) is 1.00. The van der Waals surface area contributed by atoms with Crippen LogP contribution in [0.15, 0.2) is 0 Å². The van der Waals surface area contributed by atoms with Gasteiger partial charge in [-0.3, -0.25) is 0 Å². The van der Waals surface area contributed by atoms with Crippen LogP contribution in [0.1, 0.15) is 0 Å². The minimum atomic E-state index is -6.09. The quantitative estimate of drug-likeness (QED) is 0.284. The summed E-state index contributed by atoms with van der Waals surface area (Å²) in [4.78, 5) is 0. The zero-order valence-corrected chi connectivity index (χ0v) is 10.2. The summed E-state index contributed by atoms with van der Waals surface area (Å²) >= 11 is 0. The number of halogens is 6. The van der Waals surface area contributed by atoms with E-state index < -0.39 is 31.3 Å². The first-order valence-corrected chi connectivity index (χ1v) is 5.36. The molecular formula is C2F6O6S2Tm-2. The van der Waals surface area contributed by atoms with Crippen LogP contribution in [0.4, 0.5) is 26.3 Å². The Morgan fingerprint density at radius 3 is 0.706 bits per heavy atom. The summed E-state index contributed by atoms with van der Waals surface area (Å²) in [6.45, 7) is 0. The van der Waals surface area contributed by atoms with Gasteiger partial charge >= 0.3 is 11.0 Å².